The maximum absolute atomic E-state index is 11.1. The van der Waals surface area contributed by atoms with Crippen LogP contribution in [0.1, 0.15) is 19.8 Å². The van der Waals surface area contributed by atoms with Gasteiger partial charge in [0, 0.05) is 18.8 Å². The van der Waals surface area contributed by atoms with Gasteiger partial charge < -0.3 is 9.47 Å². The number of carbonyl (C=O) groups is 1. The van der Waals surface area contributed by atoms with Crippen molar-refractivity contribution in [3.05, 3.63) is 11.6 Å². The molecule has 3 nitrogen and oxygen atoms in total. The Morgan fingerprint density at radius 3 is 2.62 bits per heavy atom. The summed E-state index contributed by atoms with van der Waals surface area (Å²) < 4.78 is 9.84. The minimum Gasteiger partial charge on any atom is -0.466 e. The van der Waals surface area contributed by atoms with Gasteiger partial charge in [0.1, 0.15) is 0 Å². The predicted molar refractivity (Wildman–Crippen MR) is 49.3 cm³/mol. The molecule has 0 N–H and O–H groups in total. The van der Waals surface area contributed by atoms with E-state index in [9.17, 15) is 4.79 Å². The summed E-state index contributed by atoms with van der Waals surface area (Å²) >= 11 is 0. The topological polar surface area (TPSA) is 35.5 Å². The molecule has 0 aromatic rings. The molecule has 1 aliphatic heterocycles. The third-order valence-corrected chi connectivity index (χ3v) is 2.26. The zero-order chi connectivity index (χ0) is 9.68. The third-order valence-electron chi connectivity index (χ3n) is 2.26. The molecule has 0 amide bonds. The Morgan fingerprint density at radius 2 is 2.08 bits per heavy atom. The van der Waals surface area contributed by atoms with Gasteiger partial charge in [-0.3, -0.25) is 0 Å². The fraction of sp³-hybridized carbons (Fsp3) is 0.700. The minimum absolute atomic E-state index is 0.230. The molecule has 0 spiro atoms. The van der Waals surface area contributed by atoms with Crippen molar-refractivity contribution < 1.29 is 14.3 Å². The largest absolute Gasteiger partial charge is 0.466 e. The van der Waals surface area contributed by atoms with Crippen LogP contribution in [0.25, 0.3) is 0 Å². The smallest absolute Gasteiger partial charge is 0.333 e. The van der Waals surface area contributed by atoms with E-state index < -0.39 is 0 Å². The molecule has 1 aliphatic rings. The average molecular weight is 184 g/mol. The number of allylic oxidation sites excluding steroid dienone is 1. The fourth-order valence-corrected chi connectivity index (χ4v) is 1.47. The molecule has 0 saturated carbocycles. The van der Waals surface area contributed by atoms with Gasteiger partial charge in [0.05, 0.1) is 7.11 Å². The first-order chi connectivity index (χ1) is 6.24. The van der Waals surface area contributed by atoms with E-state index in [1.54, 1.807) is 6.92 Å². The van der Waals surface area contributed by atoms with E-state index in [1.807, 2.05) is 6.08 Å². The Labute approximate surface area is 78.7 Å². The van der Waals surface area contributed by atoms with Crippen LogP contribution >= 0.6 is 0 Å². The first-order valence-corrected chi connectivity index (χ1v) is 4.58. The van der Waals surface area contributed by atoms with Gasteiger partial charge >= 0.3 is 5.97 Å². The lowest BCUT2D eigenvalue weighted by Gasteiger charge is -2.19. The summed E-state index contributed by atoms with van der Waals surface area (Å²) in [6.45, 7) is 3.40. The Morgan fingerprint density at radius 1 is 1.46 bits per heavy atom. The summed E-state index contributed by atoms with van der Waals surface area (Å²) in [7, 11) is 1.41. The number of ether oxygens (including phenoxy) is 2. The van der Waals surface area contributed by atoms with Crippen LogP contribution in [0, 0.1) is 5.92 Å². The van der Waals surface area contributed by atoms with Gasteiger partial charge in [-0.1, -0.05) is 6.08 Å². The molecule has 0 aromatic carbocycles. The number of methoxy groups -OCH3 is 1. The molecular weight excluding hydrogens is 168 g/mol. The van der Waals surface area contributed by atoms with Gasteiger partial charge in [-0.15, -0.1) is 0 Å². The Hall–Kier alpha value is -0.830. The Balaban J connectivity index is 2.47. The molecule has 1 heterocycles. The maximum Gasteiger partial charge on any atom is 0.333 e. The van der Waals surface area contributed by atoms with Crippen molar-refractivity contribution in [3.63, 3.8) is 0 Å². The molecule has 0 aliphatic carbocycles. The molecule has 74 valence electrons. The second-order valence-electron chi connectivity index (χ2n) is 3.29. The van der Waals surface area contributed by atoms with Gasteiger partial charge in [-0.25, -0.2) is 4.79 Å². The lowest BCUT2D eigenvalue weighted by atomic mass is 9.98. The number of hydrogen-bond acceptors (Lipinski definition) is 3. The SMILES string of the molecule is COC(=O)/C(C)=C/C1CCOCC1. The normalized spacial score (nSPS) is 20.0. The van der Waals surface area contributed by atoms with Gasteiger partial charge in [-0.2, -0.15) is 0 Å². The molecule has 3 heteroatoms. The minimum atomic E-state index is -0.230. The summed E-state index contributed by atoms with van der Waals surface area (Å²) in [4.78, 5) is 11.1. The van der Waals surface area contributed by atoms with Crippen molar-refractivity contribution in [2.24, 2.45) is 5.92 Å². The van der Waals surface area contributed by atoms with Crippen LogP contribution in [0.4, 0.5) is 0 Å². The molecule has 1 saturated heterocycles. The summed E-state index contributed by atoms with van der Waals surface area (Å²) in [5, 5.41) is 0. The van der Waals surface area contributed by atoms with E-state index in [2.05, 4.69) is 4.74 Å². The van der Waals surface area contributed by atoms with E-state index in [4.69, 9.17) is 4.74 Å². The van der Waals surface area contributed by atoms with Gasteiger partial charge in [-0.05, 0) is 25.7 Å². The monoisotopic (exact) mass is 184 g/mol. The standard InChI is InChI=1S/C10H16O3/c1-8(10(11)12-2)7-9-3-5-13-6-4-9/h7,9H,3-6H2,1-2H3/b8-7+. The maximum atomic E-state index is 11.1. The molecule has 0 radical (unpaired) electrons. The zero-order valence-electron chi connectivity index (χ0n) is 8.21. The van der Waals surface area contributed by atoms with Gasteiger partial charge in [0.25, 0.3) is 0 Å². The number of rotatable bonds is 2. The molecule has 0 aromatic heterocycles. The second kappa shape index (κ2) is 5.02. The van der Waals surface area contributed by atoms with Crippen LogP contribution in [0.3, 0.4) is 0 Å². The summed E-state index contributed by atoms with van der Waals surface area (Å²) in [6, 6.07) is 0. The quantitative estimate of drug-likeness (QED) is 0.482. The van der Waals surface area contributed by atoms with E-state index in [0.717, 1.165) is 26.1 Å². The summed E-state index contributed by atoms with van der Waals surface area (Å²) in [5.41, 5.74) is 0.703. The highest BCUT2D eigenvalue weighted by Crippen LogP contribution is 2.17. The Kier molecular flexibility index (Phi) is 3.96. The molecule has 0 atom stereocenters. The average Bonchev–Trinajstić information content (AvgIpc) is 2.18. The molecular formula is C10H16O3. The van der Waals surface area contributed by atoms with Gasteiger partial charge in [0.15, 0.2) is 0 Å². The van der Waals surface area contributed by atoms with Crippen molar-refractivity contribution in [1.82, 2.24) is 0 Å². The zero-order valence-corrected chi connectivity index (χ0v) is 8.21. The van der Waals surface area contributed by atoms with E-state index in [-0.39, 0.29) is 5.97 Å². The van der Waals surface area contributed by atoms with E-state index in [0.29, 0.717) is 11.5 Å². The van der Waals surface area contributed by atoms with Crippen LogP contribution in [0.2, 0.25) is 0 Å². The third kappa shape index (κ3) is 3.19. The van der Waals surface area contributed by atoms with E-state index >= 15 is 0 Å². The van der Waals surface area contributed by atoms with Gasteiger partial charge in [0.2, 0.25) is 0 Å². The number of carbonyl (C=O) groups excluding carboxylic acids is 1. The number of esters is 1. The lowest BCUT2D eigenvalue weighted by Crippen LogP contribution is -2.15. The molecule has 0 unspecified atom stereocenters. The highest BCUT2D eigenvalue weighted by molar-refractivity contribution is 5.87. The van der Waals surface area contributed by atoms with Crippen molar-refractivity contribution in [2.45, 2.75) is 19.8 Å². The molecule has 1 rings (SSSR count). The molecule has 13 heavy (non-hydrogen) atoms. The van der Waals surface area contributed by atoms with Crippen LogP contribution in [-0.2, 0) is 14.3 Å². The number of hydrogen-bond donors (Lipinski definition) is 0. The van der Waals surface area contributed by atoms with Crippen LogP contribution in [0.15, 0.2) is 11.6 Å². The summed E-state index contributed by atoms with van der Waals surface area (Å²) in [6.07, 6.45) is 4.01. The van der Waals surface area contributed by atoms with Crippen molar-refractivity contribution in [1.29, 1.82) is 0 Å². The lowest BCUT2D eigenvalue weighted by molar-refractivity contribution is -0.136. The van der Waals surface area contributed by atoms with Crippen LogP contribution in [0.5, 0.6) is 0 Å². The van der Waals surface area contributed by atoms with Crippen LogP contribution < -0.4 is 0 Å². The highest BCUT2D eigenvalue weighted by Gasteiger charge is 2.13. The second-order valence-corrected chi connectivity index (χ2v) is 3.29. The van der Waals surface area contributed by atoms with Crippen molar-refractivity contribution >= 4 is 5.97 Å². The molecule has 1 fully saturated rings. The first-order valence-electron chi connectivity index (χ1n) is 4.58. The predicted octanol–water partition coefficient (Wildman–Crippen LogP) is 1.53. The van der Waals surface area contributed by atoms with Crippen molar-refractivity contribution in [2.75, 3.05) is 20.3 Å². The van der Waals surface area contributed by atoms with Crippen molar-refractivity contribution in [3.8, 4) is 0 Å². The van der Waals surface area contributed by atoms with Crippen LogP contribution in [-0.4, -0.2) is 26.3 Å². The summed E-state index contributed by atoms with van der Waals surface area (Å²) in [5.74, 6) is 0.249. The Bertz CT molecular complexity index is 202. The first kappa shape index (κ1) is 10.3. The molecule has 0 bridgehead atoms. The highest BCUT2D eigenvalue weighted by atomic mass is 16.5. The van der Waals surface area contributed by atoms with E-state index in [1.165, 1.54) is 7.11 Å². The fourth-order valence-electron chi connectivity index (χ4n) is 1.47.